The Hall–Kier alpha value is -2.35. The maximum absolute atomic E-state index is 12.4. The lowest BCUT2D eigenvalue weighted by Crippen LogP contribution is -2.12. The third-order valence-corrected chi connectivity index (χ3v) is 7.49. The largest absolute Gasteiger partial charge is 0.296 e. The Kier molecular flexibility index (Phi) is 6.15. The molecule has 9 nitrogen and oxygen atoms in total. The molecule has 2 N–H and O–H groups in total. The van der Waals surface area contributed by atoms with Crippen LogP contribution < -0.4 is 10.0 Å². The molecule has 0 bridgehead atoms. The smallest absolute Gasteiger partial charge is 0.293 e. The molecule has 1 amide bonds. The number of anilines is 2. The molecule has 2 aromatic heterocycles. The van der Waals surface area contributed by atoms with Gasteiger partial charge in [-0.2, -0.15) is 8.42 Å². The molecule has 3 rings (SSSR count). The average molecular weight is 441 g/mol. The first-order chi connectivity index (χ1) is 13.0. The fraction of sp³-hybridized carbons (Fsp3) is 0.0714. The molecule has 0 aliphatic heterocycles. The van der Waals surface area contributed by atoms with Gasteiger partial charge in [-0.25, -0.2) is 0 Å². The molecule has 0 spiro atoms. The maximum atomic E-state index is 12.4. The lowest BCUT2D eigenvalue weighted by atomic mass is 10.2. The Morgan fingerprint density at radius 2 is 1.85 bits per heavy atom. The number of aromatic nitrogens is 4. The van der Waals surface area contributed by atoms with E-state index in [1.165, 1.54) is 11.8 Å². The minimum atomic E-state index is -3.98. The second-order valence-electron chi connectivity index (χ2n) is 4.77. The van der Waals surface area contributed by atoms with Crippen molar-refractivity contribution in [1.82, 2.24) is 20.4 Å². The summed E-state index contributed by atoms with van der Waals surface area (Å²) in [5, 5.41) is 17.7. The van der Waals surface area contributed by atoms with Crippen LogP contribution >= 0.6 is 34.4 Å². The monoisotopic (exact) mass is 440 g/mol. The predicted molar refractivity (Wildman–Crippen MR) is 106 cm³/mol. The number of nitrogens with one attached hydrogen (secondary N) is 2. The highest BCUT2D eigenvalue weighted by Crippen LogP contribution is 2.28. The van der Waals surface area contributed by atoms with E-state index in [1.54, 1.807) is 36.4 Å². The number of sulfonamides is 1. The maximum Gasteiger partial charge on any atom is 0.293 e. The topological polar surface area (TPSA) is 127 Å². The molecule has 0 radical (unpaired) electrons. The Bertz CT molecular complexity index is 1050. The van der Waals surface area contributed by atoms with Gasteiger partial charge in [0.2, 0.25) is 10.3 Å². The van der Waals surface area contributed by atoms with Crippen molar-refractivity contribution >= 4 is 60.6 Å². The molecule has 2 heterocycles. The molecule has 0 unspecified atom stereocenters. The van der Waals surface area contributed by atoms with Gasteiger partial charge in [-0.15, -0.1) is 27.0 Å². The molecule has 0 aliphatic rings. The first kappa shape index (κ1) is 19.4. The zero-order chi connectivity index (χ0) is 19.3. The molecular weight excluding hydrogens is 428 g/mol. The van der Waals surface area contributed by atoms with Crippen LogP contribution in [0.2, 0.25) is 0 Å². The highest BCUT2D eigenvalue weighted by atomic mass is 32.2. The van der Waals surface area contributed by atoms with Gasteiger partial charge in [0.05, 0.1) is 0 Å². The third kappa shape index (κ3) is 5.09. The molecule has 27 heavy (non-hydrogen) atoms. The Labute approximate surface area is 167 Å². The third-order valence-electron chi connectivity index (χ3n) is 2.85. The molecule has 0 saturated carbocycles. The van der Waals surface area contributed by atoms with Crippen LogP contribution in [-0.2, 0) is 10.0 Å². The van der Waals surface area contributed by atoms with E-state index >= 15 is 0 Å². The zero-order valence-corrected chi connectivity index (χ0v) is 16.8. The SMILES string of the molecule is C=CCSc1nnc(NS(=O)(=O)c2nnc(NC(=O)c3ccccc3)s2)s1. The van der Waals surface area contributed by atoms with Crippen LogP contribution in [0.15, 0.2) is 51.7 Å². The standard InChI is InChI=1S/C14H12N6O3S4/c1-2-8-24-13-18-17-12(25-13)20-27(22,23)14-19-16-11(26-14)15-10(21)9-6-4-3-5-7-9/h2-7H,1,8H2,(H,17,20)(H,15,16,21). The number of benzene rings is 1. The number of nitrogens with zero attached hydrogens (tertiary/aromatic N) is 4. The van der Waals surface area contributed by atoms with Crippen LogP contribution in [0.3, 0.4) is 0 Å². The minimum absolute atomic E-state index is 0.0729. The van der Waals surface area contributed by atoms with Crippen molar-refractivity contribution < 1.29 is 13.2 Å². The van der Waals surface area contributed by atoms with Gasteiger partial charge in [-0.1, -0.05) is 58.7 Å². The van der Waals surface area contributed by atoms with Crippen LogP contribution in [-0.4, -0.2) is 40.5 Å². The van der Waals surface area contributed by atoms with E-state index in [0.717, 1.165) is 22.7 Å². The van der Waals surface area contributed by atoms with Gasteiger partial charge in [0.25, 0.3) is 20.3 Å². The van der Waals surface area contributed by atoms with Gasteiger partial charge in [-0.05, 0) is 12.1 Å². The van der Waals surface area contributed by atoms with Crippen LogP contribution in [0.25, 0.3) is 0 Å². The van der Waals surface area contributed by atoms with Gasteiger partial charge in [0, 0.05) is 11.3 Å². The van der Waals surface area contributed by atoms with E-state index in [9.17, 15) is 13.2 Å². The van der Waals surface area contributed by atoms with Crippen molar-refractivity contribution in [2.24, 2.45) is 0 Å². The highest BCUT2D eigenvalue weighted by molar-refractivity contribution is 8.01. The number of carbonyl (C=O) groups is 1. The second-order valence-corrected chi connectivity index (χ2v) is 9.85. The normalized spacial score (nSPS) is 11.1. The Morgan fingerprint density at radius 1 is 1.11 bits per heavy atom. The molecule has 0 atom stereocenters. The van der Waals surface area contributed by atoms with E-state index in [1.807, 2.05) is 0 Å². The lowest BCUT2D eigenvalue weighted by molar-refractivity contribution is 0.102. The fourth-order valence-corrected chi connectivity index (χ4v) is 5.37. The summed E-state index contributed by atoms with van der Waals surface area (Å²) in [5.74, 6) is 0.235. The van der Waals surface area contributed by atoms with E-state index in [0.29, 0.717) is 15.7 Å². The average Bonchev–Trinajstić information content (AvgIpc) is 3.30. The van der Waals surface area contributed by atoms with E-state index < -0.39 is 15.9 Å². The summed E-state index contributed by atoms with van der Waals surface area (Å²) < 4.78 is 27.4. The number of thioether (sulfide) groups is 1. The van der Waals surface area contributed by atoms with Crippen molar-refractivity contribution in [3.63, 3.8) is 0 Å². The van der Waals surface area contributed by atoms with Crippen molar-refractivity contribution in [3.8, 4) is 0 Å². The first-order valence-corrected chi connectivity index (χ1v) is 11.4. The molecule has 0 saturated heterocycles. The van der Waals surface area contributed by atoms with E-state index in [2.05, 4.69) is 37.0 Å². The van der Waals surface area contributed by atoms with Gasteiger partial charge in [-0.3, -0.25) is 14.8 Å². The lowest BCUT2D eigenvalue weighted by Gasteiger charge is -2.00. The van der Waals surface area contributed by atoms with E-state index in [4.69, 9.17) is 0 Å². The van der Waals surface area contributed by atoms with Crippen LogP contribution in [0.5, 0.6) is 0 Å². The summed E-state index contributed by atoms with van der Waals surface area (Å²) in [6.45, 7) is 3.60. The van der Waals surface area contributed by atoms with Gasteiger partial charge >= 0.3 is 0 Å². The Morgan fingerprint density at radius 3 is 2.59 bits per heavy atom. The highest BCUT2D eigenvalue weighted by Gasteiger charge is 2.23. The second kappa shape index (κ2) is 8.56. The molecular formula is C14H12N6O3S4. The summed E-state index contributed by atoms with van der Waals surface area (Å²) in [5.41, 5.74) is 0.425. The predicted octanol–water partition coefficient (Wildman–Crippen LogP) is 2.72. The minimum Gasteiger partial charge on any atom is -0.296 e. The molecule has 0 aliphatic carbocycles. The fourth-order valence-electron chi connectivity index (χ4n) is 1.73. The van der Waals surface area contributed by atoms with Gasteiger partial charge in [0.1, 0.15) is 0 Å². The summed E-state index contributed by atoms with van der Waals surface area (Å²) in [4.78, 5) is 12.1. The summed E-state index contributed by atoms with van der Waals surface area (Å²) in [6, 6.07) is 8.49. The van der Waals surface area contributed by atoms with Crippen LogP contribution in [0, 0.1) is 0 Å². The summed E-state index contributed by atoms with van der Waals surface area (Å²) >= 11 is 3.23. The molecule has 140 valence electrons. The molecule has 1 aromatic carbocycles. The van der Waals surface area contributed by atoms with Crippen molar-refractivity contribution in [1.29, 1.82) is 0 Å². The quantitative estimate of drug-likeness (QED) is 0.311. The van der Waals surface area contributed by atoms with Crippen molar-refractivity contribution in [2.45, 2.75) is 8.68 Å². The van der Waals surface area contributed by atoms with Crippen molar-refractivity contribution in [2.75, 3.05) is 15.8 Å². The number of carbonyl (C=O) groups excluding carboxylic acids is 1. The summed E-state index contributed by atoms with van der Waals surface area (Å²) in [7, 11) is -3.98. The number of rotatable bonds is 8. The first-order valence-electron chi connectivity index (χ1n) is 7.28. The van der Waals surface area contributed by atoms with Gasteiger partial charge < -0.3 is 0 Å². The zero-order valence-electron chi connectivity index (χ0n) is 13.5. The number of hydrogen-bond acceptors (Lipinski definition) is 10. The molecule has 13 heteroatoms. The molecule has 0 fully saturated rings. The summed E-state index contributed by atoms with van der Waals surface area (Å²) in [6.07, 6.45) is 1.71. The number of amides is 1. The number of hydrogen-bond donors (Lipinski definition) is 2. The molecule has 3 aromatic rings. The Balaban J connectivity index is 1.68. The van der Waals surface area contributed by atoms with Gasteiger partial charge in [0.15, 0.2) is 4.34 Å². The van der Waals surface area contributed by atoms with Crippen LogP contribution in [0.1, 0.15) is 10.4 Å². The van der Waals surface area contributed by atoms with Crippen LogP contribution in [0.4, 0.5) is 10.3 Å². The van der Waals surface area contributed by atoms with Crippen molar-refractivity contribution in [3.05, 3.63) is 48.6 Å². The van der Waals surface area contributed by atoms with E-state index in [-0.39, 0.29) is 14.6 Å².